The number of benzene rings is 1. The van der Waals surface area contributed by atoms with Crippen molar-refractivity contribution in [3.8, 4) is 5.75 Å². The maximum atomic E-state index is 11.0. The summed E-state index contributed by atoms with van der Waals surface area (Å²) in [5.74, 6) is 1.51. The molecule has 1 aliphatic rings. The van der Waals surface area contributed by atoms with Crippen LogP contribution in [0.15, 0.2) is 18.2 Å². The highest BCUT2D eigenvalue weighted by Crippen LogP contribution is 2.47. The van der Waals surface area contributed by atoms with E-state index in [9.17, 15) is 15.3 Å². The zero-order valence-corrected chi connectivity index (χ0v) is 19.3. The smallest absolute Gasteiger partial charge is 0.119 e. The molecule has 0 spiro atoms. The van der Waals surface area contributed by atoms with Crippen LogP contribution in [0.2, 0.25) is 0 Å². The summed E-state index contributed by atoms with van der Waals surface area (Å²) < 4.78 is 0. The zero-order valence-electron chi connectivity index (χ0n) is 19.3. The monoisotopic (exact) mass is 404 g/mol. The molecule has 0 bridgehead atoms. The van der Waals surface area contributed by atoms with Gasteiger partial charge in [-0.2, -0.15) is 0 Å². The minimum Gasteiger partial charge on any atom is -0.508 e. The van der Waals surface area contributed by atoms with Crippen molar-refractivity contribution in [2.45, 2.75) is 103 Å². The number of hydrogen-bond acceptors (Lipinski definition) is 3. The summed E-state index contributed by atoms with van der Waals surface area (Å²) in [4.78, 5) is 0. The van der Waals surface area contributed by atoms with Crippen LogP contribution in [0.25, 0.3) is 0 Å². The first-order valence-electron chi connectivity index (χ1n) is 11.8. The number of unbranched alkanes of at least 4 members (excludes halogenated alkanes) is 3. The van der Waals surface area contributed by atoms with Gasteiger partial charge in [-0.25, -0.2) is 0 Å². The number of aromatic hydroxyl groups is 1. The van der Waals surface area contributed by atoms with Gasteiger partial charge in [0.1, 0.15) is 5.75 Å². The van der Waals surface area contributed by atoms with Crippen LogP contribution in [0.1, 0.15) is 103 Å². The lowest BCUT2D eigenvalue weighted by Crippen LogP contribution is -2.34. The highest BCUT2D eigenvalue weighted by Gasteiger charge is 2.37. The Kier molecular flexibility index (Phi) is 9.03. The quantitative estimate of drug-likeness (QED) is 0.410. The SMILES string of the molecule is CCCCCCC(C)(C)c1ccc([C@@H]2C[C@H](O)C[C@H](C)[C@H]2CC(C)CO)c(O)c1. The summed E-state index contributed by atoms with van der Waals surface area (Å²) >= 11 is 0. The summed E-state index contributed by atoms with van der Waals surface area (Å²) in [5.41, 5.74) is 2.21. The van der Waals surface area contributed by atoms with Crippen molar-refractivity contribution < 1.29 is 15.3 Å². The van der Waals surface area contributed by atoms with Crippen LogP contribution in [0, 0.1) is 17.8 Å². The lowest BCUT2D eigenvalue weighted by molar-refractivity contribution is 0.0458. The molecule has 3 nitrogen and oxygen atoms in total. The van der Waals surface area contributed by atoms with Gasteiger partial charge in [-0.15, -0.1) is 0 Å². The molecular weight excluding hydrogens is 360 g/mol. The van der Waals surface area contributed by atoms with Crippen LogP contribution in [0.5, 0.6) is 5.75 Å². The van der Waals surface area contributed by atoms with E-state index in [1.165, 1.54) is 31.2 Å². The van der Waals surface area contributed by atoms with Crippen molar-refractivity contribution in [3.05, 3.63) is 29.3 Å². The number of hydrogen-bond donors (Lipinski definition) is 3. The van der Waals surface area contributed by atoms with E-state index in [1.807, 2.05) is 6.07 Å². The Morgan fingerprint density at radius 2 is 1.86 bits per heavy atom. The first kappa shape index (κ1) is 24.2. The third-order valence-electron chi connectivity index (χ3n) is 7.27. The fraction of sp³-hybridized carbons (Fsp3) is 0.769. The van der Waals surface area contributed by atoms with Crippen molar-refractivity contribution in [3.63, 3.8) is 0 Å². The van der Waals surface area contributed by atoms with Crippen molar-refractivity contribution in [1.82, 2.24) is 0 Å². The summed E-state index contributed by atoms with van der Waals surface area (Å²) in [7, 11) is 0. The average Bonchev–Trinajstić information content (AvgIpc) is 2.67. The summed E-state index contributed by atoms with van der Waals surface area (Å²) in [6.45, 7) is 11.3. The molecule has 3 heteroatoms. The van der Waals surface area contributed by atoms with E-state index in [-0.39, 0.29) is 30.0 Å². The predicted octanol–water partition coefficient (Wildman–Crippen LogP) is 6.15. The molecule has 2 rings (SSSR count). The predicted molar refractivity (Wildman–Crippen MR) is 121 cm³/mol. The number of aliphatic hydroxyl groups is 2. The van der Waals surface area contributed by atoms with Gasteiger partial charge >= 0.3 is 0 Å². The lowest BCUT2D eigenvalue weighted by Gasteiger charge is -2.41. The minimum atomic E-state index is -0.315. The van der Waals surface area contributed by atoms with E-state index < -0.39 is 0 Å². The molecule has 1 aliphatic carbocycles. The molecule has 0 heterocycles. The summed E-state index contributed by atoms with van der Waals surface area (Å²) in [5, 5.41) is 30.9. The first-order valence-corrected chi connectivity index (χ1v) is 11.8. The summed E-state index contributed by atoms with van der Waals surface area (Å²) in [6.07, 6.45) is 8.27. The van der Waals surface area contributed by atoms with Crippen LogP contribution < -0.4 is 0 Å². The number of rotatable bonds is 10. The summed E-state index contributed by atoms with van der Waals surface area (Å²) in [6, 6.07) is 6.25. The molecule has 1 aromatic rings. The van der Waals surface area contributed by atoms with Crippen LogP contribution >= 0.6 is 0 Å². The van der Waals surface area contributed by atoms with Crippen LogP contribution in [0.3, 0.4) is 0 Å². The van der Waals surface area contributed by atoms with Crippen LogP contribution in [-0.2, 0) is 5.41 Å². The lowest BCUT2D eigenvalue weighted by atomic mass is 9.66. The second kappa shape index (κ2) is 10.8. The Labute approximate surface area is 178 Å². The molecule has 166 valence electrons. The van der Waals surface area contributed by atoms with Gasteiger partial charge in [0.05, 0.1) is 6.10 Å². The Morgan fingerprint density at radius 3 is 2.48 bits per heavy atom. The van der Waals surface area contributed by atoms with Crippen molar-refractivity contribution in [2.75, 3.05) is 6.61 Å². The van der Waals surface area contributed by atoms with Crippen LogP contribution in [0.4, 0.5) is 0 Å². The van der Waals surface area contributed by atoms with Crippen molar-refractivity contribution in [1.29, 1.82) is 0 Å². The van der Waals surface area contributed by atoms with Gasteiger partial charge in [-0.3, -0.25) is 0 Å². The normalized spacial score (nSPS) is 26.4. The van der Waals surface area contributed by atoms with Gasteiger partial charge in [0, 0.05) is 6.61 Å². The maximum Gasteiger partial charge on any atom is 0.119 e. The van der Waals surface area contributed by atoms with Gasteiger partial charge in [-0.1, -0.05) is 72.4 Å². The molecule has 0 aromatic heterocycles. The molecule has 1 unspecified atom stereocenters. The Balaban J connectivity index is 2.22. The van der Waals surface area contributed by atoms with E-state index in [2.05, 4.69) is 46.8 Å². The van der Waals surface area contributed by atoms with E-state index >= 15 is 0 Å². The number of aliphatic hydroxyl groups excluding tert-OH is 2. The van der Waals surface area contributed by atoms with Crippen molar-refractivity contribution in [2.24, 2.45) is 17.8 Å². The van der Waals surface area contributed by atoms with Crippen LogP contribution in [-0.4, -0.2) is 28.0 Å². The van der Waals surface area contributed by atoms with Gasteiger partial charge in [0.15, 0.2) is 0 Å². The molecule has 0 radical (unpaired) electrons. The fourth-order valence-electron chi connectivity index (χ4n) is 5.27. The highest BCUT2D eigenvalue weighted by molar-refractivity contribution is 5.42. The third kappa shape index (κ3) is 6.46. The Bertz CT molecular complexity index is 624. The van der Waals surface area contributed by atoms with E-state index in [4.69, 9.17) is 0 Å². The zero-order chi connectivity index (χ0) is 21.6. The van der Waals surface area contributed by atoms with E-state index in [0.29, 0.717) is 24.0 Å². The molecular formula is C26H44O3. The minimum absolute atomic E-state index is 0.0495. The second-order valence-corrected chi connectivity index (χ2v) is 10.4. The average molecular weight is 405 g/mol. The van der Waals surface area contributed by atoms with Gasteiger partial charge in [-0.05, 0) is 72.0 Å². The number of phenolic OH excluding ortho intramolecular Hbond substituents is 1. The van der Waals surface area contributed by atoms with E-state index in [1.54, 1.807) is 0 Å². The molecule has 1 aromatic carbocycles. The molecule has 1 fully saturated rings. The van der Waals surface area contributed by atoms with E-state index in [0.717, 1.165) is 24.8 Å². The molecule has 3 N–H and O–H groups in total. The third-order valence-corrected chi connectivity index (χ3v) is 7.27. The Morgan fingerprint density at radius 1 is 1.14 bits per heavy atom. The Hall–Kier alpha value is -1.06. The van der Waals surface area contributed by atoms with Gasteiger partial charge in [0.25, 0.3) is 0 Å². The van der Waals surface area contributed by atoms with Gasteiger partial charge in [0.2, 0.25) is 0 Å². The topological polar surface area (TPSA) is 60.7 Å². The molecule has 5 atom stereocenters. The molecule has 1 saturated carbocycles. The van der Waals surface area contributed by atoms with Crippen molar-refractivity contribution >= 4 is 0 Å². The molecule has 0 saturated heterocycles. The largest absolute Gasteiger partial charge is 0.508 e. The standard InChI is InChI=1S/C26H44O3/c1-6-7-8-9-12-26(4,5)20-10-11-22(25(29)15-20)24-16-21(28)14-19(3)23(24)13-18(2)17-27/h10-11,15,18-19,21,23-24,27-29H,6-9,12-14,16-17H2,1-5H3/t18?,19-,21+,23+,24-/m0/s1. The van der Waals surface area contributed by atoms with Gasteiger partial charge < -0.3 is 15.3 Å². The fourth-order valence-corrected chi connectivity index (χ4v) is 5.27. The molecule has 0 aliphatic heterocycles. The number of phenols is 1. The first-order chi connectivity index (χ1) is 13.7. The maximum absolute atomic E-state index is 11.0. The second-order valence-electron chi connectivity index (χ2n) is 10.4. The highest BCUT2D eigenvalue weighted by atomic mass is 16.3. The molecule has 0 amide bonds. The molecule has 29 heavy (non-hydrogen) atoms.